The summed E-state index contributed by atoms with van der Waals surface area (Å²) in [5.41, 5.74) is 3.84. The fourth-order valence-corrected chi connectivity index (χ4v) is 4.75. The van der Waals surface area contributed by atoms with Crippen molar-refractivity contribution in [2.24, 2.45) is 5.92 Å². The number of fused-ring (bicyclic) bond motifs is 1. The molecule has 0 N–H and O–H groups in total. The van der Waals surface area contributed by atoms with Crippen molar-refractivity contribution in [2.75, 3.05) is 22.9 Å². The molecule has 3 heterocycles. The fourth-order valence-electron chi connectivity index (χ4n) is 4.75. The van der Waals surface area contributed by atoms with Gasteiger partial charge in [-0.15, -0.1) is 10.2 Å². The van der Waals surface area contributed by atoms with E-state index in [0.717, 1.165) is 42.9 Å². The third kappa shape index (κ3) is 3.78. The Morgan fingerprint density at radius 1 is 1.03 bits per heavy atom. The number of benzene rings is 2. The number of hydrogen-bond donors (Lipinski definition) is 0. The molecule has 0 aliphatic carbocycles. The summed E-state index contributed by atoms with van der Waals surface area (Å²) in [5.74, 6) is 0.657. The SMILES string of the molecule is CC1Cc2ccccc2N1C(=O)C1CCCN(c2ccc(-c3ccc(F)cc3)nn2)C1. The molecule has 0 saturated carbocycles. The maximum atomic E-state index is 13.4. The van der Waals surface area contributed by atoms with Crippen molar-refractivity contribution < 1.29 is 9.18 Å². The van der Waals surface area contributed by atoms with Crippen LogP contribution in [-0.4, -0.2) is 35.2 Å². The quantitative estimate of drug-likeness (QED) is 0.632. The zero-order valence-electron chi connectivity index (χ0n) is 17.5. The van der Waals surface area contributed by atoms with Crippen LogP contribution in [0.3, 0.4) is 0 Å². The third-order valence-electron chi connectivity index (χ3n) is 6.33. The second kappa shape index (κ2) is 8.10. The van der Waals surface area contributed by atoms with Crippen molar-refractivity contribution in [2.45, 2.75) is 32.2 Å². The summed E-state index contributed by atoms with van der Waals surface area (Å²) in [7, 11) is 0. The van der Waals surface area contributed by atoms with E-state index in [0.29, 0.717) is 12.2 Å². The second-order valence-corrected chi connectivity index (χ2v) is 8.46. The van der Waals surface area contributed by atoms with E-state index in [2.05, 4.69) is 34.2 Å². The summed E-state index contributed by atoms with van der Waals surface area (Å²) in [4.78, 5) is 17.6. The molecule has 2 aromatic carbocycles. The predicted octanol–water partition coefficient (Wildman–Crippen LogP) is 4.48. The molecule has 2 aliphatic heterocycles. The van der Waals surface area contributed by atoms with E-state index in [1.54, 1.807) is 12.1 Å². The van der Waals surface area contributed by atoms with Crippen LogP contribution in [0.5, 0.6) is 0 Å². The van der Waals surface area contributed by atoms with Gasteiger partial charge in [0, 0.05) is 30.4 Å². The largest absolute Gasteiger partial charge is 0.354 e. The lowest BCUT2D eigenvalue weighted by Gasteiger charge is -2.35. The minimum absolute atomic E-state index is 0.0547. The number of piperidine rings is 1. The smallest absolute Gasteiger partial charge is 0.232 e. The molecular formula is C25H25FN4O. The van der Waals surface area contributed by atoms with E-state index in [1.807, 2.05) is 29.2 Å². The first-order valence-electron chi connectivity index (χ1n) is 10.9. The lowest BCUT2D eigenvalue weighted by atomic mass is 9.96. The lowest BCUT2D eigenvalue weighted by molar-refractivity contribution is -0.122. The van der Waals surface area contributed by atoms with E-state index in [9.17, 15) is 9.18 Å². The van der Waals surface area contributed by atoms with Gasteiger partial charge in [0.25, 0.3) is 0 Å². The van der Waals surface area contributed by atoms with Gasteiger partial charge in [-0.05, 0) is 74.2 Å². The average molecular weight is 417 g/mol. The number of para-hydroxylation sites is 1. The first kappa shape index (κ1) is 19.7. The normalized spacial score (nSPS) is 20.6. The van der Waals surface area contributed by atoms with Crippen molar-refractivity contribution in [3.05, 3.63) is 72.0 Å². The summed E-state index contributed by atoms with van der Waals surface area (Å²) >= 11 is 0. The molecule has 3 aromatic rings. The highest BCUT2D eigenvalue weighted by Crippen LogP contribution is 2.34. The van der Waals surface area contributed by atoms with Gasteiger partial charge in [-0.3, -0.25) is 4.79 Å². The molecule has 0 bridgehead atoms. The minimum Gasteiger partial charge on any atom is -0.354 e. The van der Waals surface area contributed by atoms with Crippen LogP contribution in [0.4, 0.5) is 15.9 Å². The molecule has 1 saturated heterocycles. The van der Waals surface area contributed by atoms with Crippen LogP contribution in [0, 0.1) is 11.7 Å². The van der Waals surface area contributed by atoms with Gasteiger partial charge >= 0.3 is 0 Å². The van der Waals surface area contributed by atoms with Crippen LogP contribution in [-0.2, 0) is 11.2 Å². The zero-order valence-corrected chi connectivity index (χ0v) is 17.5. The number of rotatable bonds is 3. The maximum absolute atomic E-state index is 13.4. The van der Waals surface area contributed by atoms with Crippen LogP contribution in [0.2, 0.25) is 0 Å². The van der Waals surface area contributed by atoms with E-state index in [1.165, 1.54) is 17.7 Å². The topological polar surface area (TPSA) is 49.3 Å². The Hall–Kier alpha value is -3.28. The molecule has 1 aromatic heterocycles. The van der Waals surface area contributed by atoms with Gasteiger partial charge in [0.05, 0.1) is 11.6 Å². The number of anilines is 2. The number of carbonyl (C=O) groups is 1. The Morgan fingerprint density at radius 2 is 1.84 bits per heavy atom. The molecule has 0 radical (unpaired) electrons. The van der Waals surface area contributed by atoms with Crippen molar-refractivity contribution in [3.8, 4) is 11.3 Å². The highest BCUT2D eigenvalue weighted by atomic mass is 19.1. The van der Waals surface area contributed by atoms with Crippen molar-refractivity contribution >= 4 is 17.4 Å². The predicted molar refractivity (Wildman–Crippen MR) is 119 cm³/mol. The molecule has 5 rings (SSSR count). The maximum Gasteiger partial charge on any atom is 0.232 e. The number of hydrogen-bond acceptors (Lipinski definition) is 4. The first-order chi connectivity index (χ1) is 15.1. The summed E-state index contributed by atoms with van der Waals surface area (Å²) in [6.07, 6.45) is 2.75. The first-order valence-corrected chi connectivity index (χ1v) is 10.9. The van der Waals surface area contributed by atoms with E-state index < -0.39 is 0 Å². The van der Waals surface area contributed by atoms with Gasteiger partial charge in [0.1, 0.15) is 5.82 Å². The summed E-state index contributed by atoms with van der Waals surface area (Å²) in [6.45, 7) is 3.63. The van der Waals surface area contributed by atoms with Crippen LogP contribution < -0.4 is 9.80 Å². The summed E-state index contributed by atoms with van der Waals surface area (Å²) < 4.78 is 13.2. The van der Waals surface area contributed by atoms with Gasteiger partial charge < -0.3 is 9.80 Å². The molecule has 1 amide bonds. The minimum atomic E-state index is -0.271. The Balaban J connectivity index is 1.31. The molecule has 5 nitrogen and oxygen atoms in total. The molecule has 2 aliphatic rings. The molecule has 31 heavy (non-hydrogen) atoms. The molecular weight excluding hydrogens is 391 g/mol. The highest BCUT2D eigenvalue weighted by molar-refractivity contribution is 5.98. The summed E-state index contributed by atoms with van der Waals surface area (Å²) in [6, 6.07) is 18.5. The number of halogens is 1. The molecule has 158 valence electrons. The molecule has 2 atom stereocenters. The van der Waals surface area contributed by atoms with E-state index in [-0.39, 0.29) is 23.7 Å². The number of amides is 1. The van der Waals surface area contributed by atoms with Crippen LogP contribution >= 0.6 is 0 Å². The van der Waals surface area contributed by atoms with Gasteiger partial charge in [0.15, 0.2) is 5.82 Å². The average Bonchev–Trinajstić information content (AvgIpc) is 3.15. The van der Waals surface area contributed by atoms with Gasteiger partial charge in [-0.2, -0.15) is 0 Å². The van der Waals surface area contributed by atoms with Crippen LogP contribution in [0.1, 0.15) is 25.3 Å². The molecule has 2 unspecified atom stereocenters. The standard InChI is InChI=1S/C25H25FN4O/c1-17-15-19-5-2-3-7-23(19)30(17)25(31)20-6-4-14-29(16-20)24-13-12-22(27-28-24)18-8-10-21(26)11-9-18/h2-3,5,7-13,17,20H,4,6,14-16H2,1H3. The molecule has 6 heteroatoms. The number of aromatic nitrogens is 2. The van der Waals surface area contributed by atoms with Gasteiger partial charge in [-0.25, -0.2) is 4.39 Å². The van der Waals surface area contributed by atoms with Crippen LogP contribution in [0.25, 0.3) is 11.3 Å². The Morgan fingerprint density at radius 3 is 2.61 bits per heavy atom. The second-order valence-electron chi connectivity index (χ2n) is 8.46. The summed E-state index contributed by atoms with van der Waals surface area (Å²) in [5, 5.41) is 8.73. The highest BCUT2D eigenvalue weighted by Gasteiger charge is 2.36. The van der Waals surface area contributed by atoms with Gasteiger partial charge in [0.2, 0.25) is 5.91 Å². The lowest BCUT2D eigenvalue weighted by Crippen LogP contribution is -2.47. The van der Waals surface area contributed by atoms with Crippen LogP contribution in [0.15, 0.2) is 60.7 Å². The Kier molecular flexibility index (Phi) is 5.14. The van der Waals surface area contributed by atoms with E-state index in [4.69, 9.17) is 0 Å². The van der Waals surface area contributed by atoms with Crippen molar-refractivity contribution in [1.82, 2.24) is 10.2 Å². The van der Waals surface area contributed by atoms with E-state index >= 15 is 0 Å². The number of nitrogens with zero attached hydrogens (tertiary/aromatic N) is 4. The zero-order chi connectivity index (χ0) is 21.4. The Bertz CT molecular complexity index is 1080. The molecule has 1 fully saturated rings. The fraction of sp³-hybridized carbons (Fsp3) is 0.320. The van der Waals surface area contributed by atoms with Crippen molar-refractivity contribution in [1.29, 1.82) is 0 Å². The van der Waals surface area contributed by atoms with Crippen molar-refractivity contribution in [3.63, 3.8) is 0 Å². The molecule has 0 spiro atoms. The third-order valence-corrected chi connectivity index (χ3v) is 6.33. The van der Waals surface area contributed by atoms with Gasteiger partial charge in [-0.1, -0.05) is 18.2 Å². The number of carbonyl (C=O) groups excluding carboxylic acids is 1. The monoisotopic (exact) mass is 416 g/mol. The Labute approximate surface area is 181 Å².